The fourth-order valence-corrected chi connectivity index (χ4v) is 2.55. The van der Waals surface area contributed by atoms with Crippen LogP contribution in [0.25, 0.3) is 0 Å². The molecule has 0 radical (unpaired) electrons. The lowest BCUT2D eigenvalue weighted by atomic mass is 10.0. The number of likely N-dealkylation sites (tertiary alicyclic amines) is 1. The van der Waals surface area contributed by atoms with E-state index in [1.807, 2.05) is 0 Å². The number of rotatable bonds is 5. The summed E-state index contributed by atoms with van der Waals surface area (Å²) in [7, 11) is 1.46. The topological polar surface area (TPSA) is 67.6 Å². The van der Waals surface area contributed by atoms with Crippen molar-refractivity contribution < 1.29 is 13.9 Å². The Morgan fingerprint density at radius 3 is 2.76 bits per heavy atom. The molecule has 0 saturated carbocycles. The molecular weight excluding hydrogens is 273 g/mol. The molecule has 1 aliphatic rings. The van der Waals surface area contributed by atoms with Crippen molar-refractivity contribution in [3.8, 4) is 5.75 Å². The summed E-state index contributed by atoms with van der Waals surface area (Å²) >= 11 is 0. The Morgan fingerprint density at radius 1 is 1.48 bits per heavy atom. The second-order valence-electron chi connectivity index (χ2n) is 5.22. The quantitative estimate of drug-likeness (QED) is 0.850. The van der Waals surface area contributed by atoms with Gasteiger partial charge in [0.1, 0.15) is 11.6 Å². The minimum absolute atomic E-state index is 0.0557. The molecule has 2 rings (SSSR count). The second kappa shape index (κ2) is 7.38. The number of nitrogens with one attached hydrogen (secondary N) is 1. The maximum Gasteiger partial charge on any atom is 0.254 e. The lowest BCUT2D eigenvalue weighted by Gasteiger charge is -2.32. The Morgan fingerprint density at radius 2 is 2.19 bits per heavy atom. The first-order valence-corrected chi connectivity index (χ1v) is 7.21. The third kappa shape index (κ3) is 4.15. The summed E-state index contributed by atoms with van der Waals surface area (Å²) in [6.45, 7) is 3.35. The molecule has 0 spiro atoms. The van der Waals surface area contributed by atoms with Crippen molar-refractivity contribution in [2.45, 2.75) is 18.9 Å². The summed E-state index contributed by atoms with van der Waals surface area (Å²) in [6.07, 6.45) is 1.73. The van der Waals surface area contributed by atoms with Gasteiger partial charge in [-0.3, -0.25) is 4.79 Å². The Bertz CT molecular complexity index is 488. The van der Waals surface area contributed by atoms with E-state index in [0.29, 0.717) is 12.3 Å². The highest BCUT2D eigenvalue weighted by Crippen LogP contribution is 2.17. The number of benzene rings is 1. The number of hydrogen-bond acceptors (Lipinski definition) is 4. The normalized spacial score (nSPS) is 16.7. The lowest BCUT2D eigenvalue weighted by Crippen LogP contribution is -2.45. The summed E-state index contributed by atoms with van der Waals surface area (Å²) < 4.78 is 18.8. The Labute approximate surface area is 124 Å². The smallest absolute Gasteiger partial charge is 0.254 e. The number of ether oxygens (including phenoxy) is 1. The molecule has 1 aliphatic heterocycles. The van der Waals surface area contributed by atoms with E-state index in [-0.39, 0.29) is 17.5 Å². The average molecular weight is 295 g/mol. The summed E-state index contributed by atoms with van der Waals surface area (Å²) in [5.74, 6) is -0.529. The van der Waals surface area contributed by atoms with Crippen LogP contribution >= 0.6 is 0 Å². The highest BCUT2D eigenvalue weighted by Gasteiger charge is 2.22. The van der Waals surface area contributed by atoms with Gasteiger partial charge in [-0.15, -0.1) is 0 Å². The molecule has 0 aromatic heterocycles. The molecule has 1 aromatic carbocycles. The van der Waals surface area contributed by atoms with Crippen molar-refractivity contribution in [1.82, 2.24) is 10.2 Å². The third-order valence-electron chi connectivity index (χ3n) is 3.79. The molecule has 1 amide bonds. The zero-order valence-electron chi connectivity index (χ0n) is 12.3. The Kier molecular flexibility index (Phi) is 5.52. The van der Waals surface area contributed by atoms with Gasteiger partial charge in [0.15, 0.2) is 0 Å². The van der Waals surface area contributed by atoms with Crippen molar-refractivity contribution >= 4 is 5.91 Å². The predicted octanol–water partition coefficient (Wildman–Crippen LogP) is 0.987. The highest BCUT2D eigenvalue weighted by atomic mass is 19.1. The van der Waals surface area contributed by atoms with Crippen molar-refractivity contribution in [2.75, 3.05) is 33.3 Å². The first-order valence-electron chi connectivity index (χ1n) is 7.21. The molecule has 3 N–H and O–H groups in total. The number of nitrogens with two attached hydrogens (primary N) is 1. The second-order valence-corrected chi connectivity index (χ2v) is 5.22. The van der Waals surface area contributed by atoms with Crippen LogP contribution in [0.1, 0.15) is 23.2 Å². The van der Waals surface area contributed by atoms with E-state index in [2.05, 4.69) is 10.2 Å². The van der Waals surface area contributed by atoms with Crippen molar-refractivity contribution in [3.05, 3.63) is 29.6 Å². The summed E-state index contributed by atoms with van der Waals surface area (Å²) in [5, 5.41) is 2.90. The van der Waals surface area contributed by atoms with E-state index in [0.717, 1.165) is 32.5 Å². The van der Waals surface area contributed by atoms with Crippen LogP contribution in [0.2, 0.25) is 0 Å². The standard InChI is InChI=1S/C15H22FN3O2/c1-21-12-2-3-13(14(16)10-12)15(20)18-11-4-7-19(8-5-11)9-6-17/h2-3,10-11H,4-9,17H2,1H3,(H,18,20). The van der Waals surface area contributed by atoms with Crippen LogP contribution in [-0.4, -0.2) is 50.1 Å². The molecule has 0 aliphatic carbocycles. The van der Waals surface area contributed by atoms with E-state index >= 15 is 0 Å². The van der Waals surface area contributed by atoms with E-state index in [4.69, 9.17) is 10.5 Å². The predicted molar refractivity (Wildman–Crippen MR) is 78.9 cm³/mol. The molecular formula is C15H22FN3O2. The number of carbonyl (C=O) groups is 1. The van der Waals surface area contributed by atoms with Gasteiger partial charge in [0.25, 0.3) is 5.91 Å². The van der Waals surface area contributed by atoms with Crippen LogP contribution in [0, 0.1) is 5.82 Å². The maximum absolute atomic E-state index is 13.8. The molecule has 0 bridgehead atoms. The Hall–Kier alpha value is -1.66. The molecule has 0 atom stereocenters. The largest absolute Gasteiger partial charge is 0.497 e. The first kappa shape index (κ1) is 15.7. The van der Waals surface area contributed by atoms with Gasteiger partial charge in [0.2, 0.25) is 0 Å². The minimum atomic E-state index is -0.563. The van der Waals surface area contributed by atoms with E-state index in [9.17, 15) is 9.18 Å². The van der Waals surface area contributed by atoms with E-state index < -0.39 is 5.82 Å². The first-order chi connectivity index (χ1) is 10.1. The van der Waals surface area contributed by atoms with Gasteiger partial charge in [-0.25, -0.2) is 4.39 Å². The van der Waals surface area contributed by atoms with E-state index in [1.54, 1.807) is 6.07 Å². The maximum atomic E-state index is 13.8. The molecule has 21 heavy (non-hydrogen) atoms. The van der Waals surface area contributed by atoms with Crippen molar-refractivity contribution in [1.29, 1.82) is 0 Å². The van der Waals surface area contributed by atoms with Gasteiger partial charge in [-0.05, 0) is 25.0 Å². The fourth-order valence-electron chi connectivity index (χ4n) is 2.55. The van der Waals surface area contributed by atoms with Gasteiger partial charge in [0.05, 0.1) is 12.7 Å². The summed E-state index contributed by atoms with van der Waals surface area (Å²) in [4.78, 5) is 14.4. The van der Waals surface area contributed by atoms with E-state index in [1.165, 1.54) is 19.2 Å². The van der Waals surface area contributed by atoms with Gasteiger partial charge in [-0.1, -0.05) is 0 Å². The third-order valence-corrected chi connectivity index (χ3v) is 3.79. The lowest BCUT2D eigenvalue weighted by molar-refractivity contribution is 0.0908. The average Bonchev–Trinajstić information content (AvgIpc) is 2.49. The minimum Gasteiger partial charge on any atom is -0.497 e. The van der Waals surface area contributed by atoms with Crippen LogP contribution in [0.5, 0.6) is 5.75 Å². The molecule has 0 unspecified atom stereocenters. The number of amides is 1. The number of nitrogens with zero attached hydrogens (tertiary/aromatic N) is 1. The van der Waals surface area contributed by atoms with Crippen LogP contribution in [-0.2, 0) is 0 Å². The van der Waals surface area contributed by atoms with Crippen LogP contribution < -0.4 is 15.8 Å². The molecule has 1 heterocycles. The molecule has 6 heteroatoms. The van der Waals surface area contributed by atoms with Crippen LogP contribution in [0.3, 0.4) is 0 Å². The molecule has 1 saturated heterocycles. The summed E-state index contributed by atoms with van der Waals surface area (Å²) in [6, 6.07) is 4.35. The fraction of sp³-hybridized carbons (Fsp3) is 0.533. The van der Waals surface area contributed by atoms with Gasteiger partial charge in [-0.2, -0.15) is 0 Å². The zero-order chi connectivity index (χ0) is 15.2. The number of piperidine rings is 1. The number of carbonyl (C=O) groups excluding carboxylic acids is 1. The molecule has 1 aromatic rings. The number of hydrogen-bond donors (Lipinski definition) is 2. The Balaban J connectivity index is 1.90. The zero-order valence-corrected chi connectivity index (χ0v) is 12.3. The van der Waals surface area contributed by atoms with Crippen molar-refractivity contribution in [3.63, 3.8) is 0 Å². The highest BCUT2D eigenvalue weighted by molar-refractivity contribution is 5.94. The molecule has 1 fully saturated rings. The van der Waals surface area contributed by atoms with Gasteiger partial charge in [0, 0.05) is 38.3 Å². The van der Waals surface area contributed by atoms with Gasteiger partial charge >= 0.3 is 0 Å². The van der Waals surface area contributed by atoms with Crippen LogP contribution in [0.15, 0.2) is 18.2 Å². The van der Waals surface area contributed by atoms with Crippen molar-refractivity contribution in [2.24, 2.45) is 5.73 Å². The number of halogens is 1. The van der Waals surface area contributed by atoms with Crippen LogP contribution in [0.4, 0.5) is 4.39 Å². The number of methoxy groups -OCH3 is 1. The molecule has 116 valence electrons. The summed E-state index contributed by atoms with van der Waals surface area (Å²) in [5.41, 5.74) is 5.58. The molecule has 5 nitrogen and oxygen atoms in total. The SMILES string of the molecule is COc1ccc(C(=O)NC2CCN(CCN)CC2)c(F)c1. The monoisotopic (exact) mass is 295 g/mol. The van der Waals surface area contributed by atoms with Gasteiger partial charge < -0.3 is 20.7 Å².